The Morgan fingerprint density at radius 2 is 1.90 bits per heavy atom. The Morgan fingerprint density at radius 3 is 2.60 bits per heavy atom. The van der Waals surface area contributed by atoms with Crippen LogP contribution in [0.5, 0.6) is 11.5 Å². The fourth-order valence-electron chi connectivity index (χ4n) is 3.14. The molecular weight excluding hydrogens is 389 g/mol. The van der Waals surface area contributed by atoms with Gasteiger partial charge in [0.15, 0.2) is 5.65 Å². The number of pyridine rings is 2. The molecule has 8 heteroatoms. The molecule has 2 aromatic heterocycles. The molecule has 0 unspecified atom stereocenters. The lowest BCUT2D eigenvalue weighted by atomic mass is 10.1. The summed E-state index contributed by atoms with van der Waals surface area (Å²) < 4.78 is 19.8. The molecule has 2 aromatic carbocycles. The molecule has 2 heterocycles. The van der Waals surface area contributed by atoms with Gasteiger partial charge in [0.1, 0.15) is 22.9 Å². The van der Waals surface area contributed by atoms with Crippen molar-refractivity contribution in [1.29, 1.82) is 0 Å². The van der Waals surface area contributed by atoms with E-state index in [1.807, 2.05) is 0 Å². The summed E-state index contributed by atoms with van der Waals surface area (Å²) in [6, 6.07) is 15.0. The summed E-state index contributed by atoms with van der Waals surface area (Å²) in [5.74, 6) is -1.32. The van der Waals surface area contributed by atoms with Crippen LogP contribution in [0.1, 0.15) is 10.4 Å². The summed E-state index contributed by atoms with van der Waals surface area (Å²) in [5.41, 5.74) is -0.466. The quantitative estimate of drug-likeness (QED) is 0.542. The van der Waals surface area contributed by atoms with Crippen LogP contribution in [0.3, 0.4) is 0 Å². The number of halogens is 1. The minimum atomic E-state index is -0.865. The molecule has 0 spiro atoms. The van der Waals surface area contributed by atoms with Crippen LogP contribution in [0, 0.1) is 5.82 Å². The molecule has 7 nitrogen and oxygen atoms in total. The van der Waals surface area contributed by atoms with Gasteiger partial charge in [-0.05, 0) is 54.6 Å². The van der Waals surface area contributed by atoms with Crippen molar-refractivity contribution in [2.45, 2.75) is 0 Å². The first kappa shape index (κ1) is 19.1. The molecule has 0 fully saturated rings. The highest BCUT2D eigenvalue weighted by molar-refractivity contribution is 6.09. The number of rotatable bonds is 4. The van der Waals surface area contributed by atoms with Gasteiger partial charge >= 0.3 is 0 Å². The van der Waals surface area contributed by atoms with Crippen molar-refractivity contribution >= 4 is 22.6 Å². The van der Waals surface area contributed by atoms with Gasteiger partial charge in [0.2, 0.25) is 0 Å². The van der Waals surface area contributed by atoms with Gasteiger partial charge in [0.25, 0.3) is 11.5 Å². The third kappa shape index (κ3) is 3.35. The monoisotopic (exact) mass is 405 g/mol. The second kappa shape index (κ2) is 7.67. The van der Waals surface area contributed by atoms with E-state index in [2.05, 4.69) is 10.3 Å². The highest BCUT2D eigenvalue weighted by Gasteiger charge is 2.23. The molecule has 0 bridgehead atoms. The van der Waals surface area contributed by atoms with Crippen LogP contribution in [-0.2, 0) is 0 Å². The Morgan fingerprint density at radius 1 is 1.13 bits per heavy atom. The number of methoxy groups -OCH3 is 1. The molecular formula is C22H16FN3O4. The lowest BCUT2D eigenvalue weighted by molar-refractivity contribution is 0.102. The predicted molar refractivity (Wildman–Crippen MR) is 110 cm³/mol. The van der Waals surface area contributed by atoms with E-state index < -0.39 is 28.6 Å². The zero-order valence-corrected chi connectivity index (χ0v) is 15.8. The van der Waals surface area contributed by atoms with E-state index in [0.29, 0.717) is 11.4 Å². The first-order valence-electron chi connectivity index (χ1n) is 8.93. The maximum Gasteiger partial charge on any atom is 0.273 e. The van der Waals surface area contributed by atoms with Crippen molar-refractivity contribution in [3.05, 3.63) is 88.6 Å². The van der Waals surface area contributed by atoms with Crippen molar-refractivity contribution in [3.8, 4) is 17.2 Å². The Hall–Kier alpha value is -4.20. The molecule has 0 atom stereocenters. The number of fused-ring (bicyclic) bond motifs is 1. The molecule has 0 aliphatic carbocycles. The fourth-order valence-corrected chi connectivity index (χ4v) is 3.14. The van der Waals surface area contributed by atoms with E-state index in [1.54, 1.807) is 36.4 Å². The molecule has 0 radical (unpaired) electrons. The Labute approximate surface area is 170 Å². The van der Waals surface area contributed by atoms with E-state index >= 15 is 0 Å². The van der Waals surface area contributed by atoms with Gasteiger partial charge in [-0.2, -0.15) is 0 Å². The van der Waals surface area contributed by atoms with Crippen LogP contribution >= 0.6 is 0 Å². The van der Waals surface area contributed by atoms with Crippen LogP contribution in [0.15, 0.2) is 71.7 Å². The number of carbonyl (C=O) groups excluding carboxylic acids is 1. The number of amides is 1. The van der Waals surface area contributed by atoms with Gasteiger partial charge in [0, 0.05) is 11.9 Å². The zero-order valence-electron chi connectivity index (χ0n) is 15.8. The largest absolute Gasteiger partial charge is 0.506 e. The average Bonchev–Trinajstić information content (AvgIpc) is 2.74. The Balaban J connectivity index is 1.92. The summed E-state index contributed by atoms with van der Waals surface area (Å²) in [4.78, 5) is 30.3. The number of anilines is 1. The zero-order chi connectivity index (χ0) is 21.3. The molecule has 30 heavy (non-hydrogen) atoms. The number of carbonyl (C=O) groups is 1. The maximum absolute atomic E-state index is 13.4. The third-order valence-corrected chi connectivity index (χ3v) is 4.55. The number of nitrogens with one attached hydrogen (secondary N) is 1. The average molecular weight is 405 g/mol. The molecule has 0 aliphatic heterocycles. The smallest absolute Gasteiger partial charge is 0.273 e. The lowest BCUT2D eigenvalue weighted by Gasteiger charge is -2.14. The standard InChI is InChI=1S/C22H16FN3O4/c1-30-16-9-7-15(8-10-16)26-20-17(6-3-11-24-20)19(27)18(22(26)29)21(28)25-14-5-2-4-13(23)12-14/h2-12,27H,1H3,(H,25,28). The highest BCUT2D eigenvalue weighted by atomic mass is 19.1. The van der Waals surface area contributed by atoms with E-state index in [9.17, 15) is 19.1 Å². The second-order valence-corrected chi connectivity index (χ2v) is 6.40. The predicted octanol–water partition coefficient (Wildman–Crippen LogP) is 3.49. The first-order valence-corrected chi connectivity index (χ1v) is 8.93. The van der Waals surface area contributed by atoms with Gasteiger partial charge in [-0.1, -0.05) is 6.07 Å². The number of ether oxygens (including phenoxy) is 1. The van der Waals surface area contributed by atoms with Crippen LogP contribution in [-0.4, -0.2) is 27.7 Å². The number of aromatic hydroxyl groups is 1. The van der Waals surface area contributed by atoms with Crippen LogP contribution in [0.4, 0.5) is 10.1 Å². The first-order chi connectivity index (χ1) is 14.5. The summed E-state index contributed by atoms with van der Waals surface area (Å²) in [7, 11) is 1.52. The van der Waals surface area contributed by atoms with Crippen molar-refractivity contribution in [2.75, 3.05) is 12.4 Å². The van der Waals surface area contributed by atoms with E-state index in [0.717, 1.165) is 6.07 Å². The number of hydrogen-bond donors (Lipinski definition) is 2. The molecule has 4 aromatic rings. The van der Waals surface area contributed by atoms with Gasteiger partial charge in [-0.25, -0.2) is 9.37 Å². The van der Waals surface area contributed by atoms with Gasteiger partial charge in [-0.15, -0.1) is 0 Å². The van der Waals surface area contributed by atoms with Crippen molar-refractivity contribution < 1.29 is 19.0 Å². The third-order valence-electron chi connectivity index (χ3n) is 4.55. The minimum absolute atomic E-state index is 0.154. The molecule has 150 valence electrons. The molecule has 4 rings (SSSR count). The van der Waals surface area contributed by atoms with E-state index in [1.165, 1.54) is 36.1 Å². The summed E-state index contributed by atoms with van der Waals surface area (Å²) in [5, 5.41) is 13.3. The van der Waals surface area contributed by atoms with Crippen LogP contribution in [0.2, 0.25) is 0 Å². The fraction of sp³-hybridized carbons (Fsp3) is 0.0455. The number of aromatic nitrogens is 2. The summed E-state index contributed by atoms with van der Waals surface area (Å²) in [6.07, 6.45) is 1.48. The Kier molecular flexibility index (Phi) is 4.89. The lowest BCUT2D eigenvalue weighted by Crippen LogP contribution is -2.29. The molecule has 1 amide bonds. The number of benzene rings is 2. The number of nitrogens with zero attached hydrogens (tertiary/aromatic N) is 2. The summed E-state index contributed by atoms with van der Waals surface area (Å²) in [6.45, 7) is 0. The maximum atomic E-state index is 13.4. The van der Waals surface area contributed by atoms with Crippen molar-refractivity contribution in [1.82, 2.24) is 9.55 Å². The van der Waals surface area contributed by atoms with E-state index in [4.69, 9.17) is 4.74 Å². The molecule has 0 saturated carbocycles. The van der Waals surface area contributed by atoms with Gasteiger partial charge < -0.3 is 15.2 Å². The molecule has 0 aliphatic rings. The Bertz CT molecular complexity index is 1320. The summed E-state index contributed by atoms with van der Waals surface area (Å²) >= 11 is 0. The molecule has 0 saturated heterocycles. The van der Waals surface area contributed by atoms with Crippen LogP contribution in [0.25, 0.3) is 16.7 Å². The van der Waals surface area contributed by atoms with Gasteiger partial charge in [0.05, 0.1) is 18.2 Å². The van der Waals surface area contributed by atoms with Gasteiger partial charge in [-0.3, -0.25) is 14.2 Å². The van der Waals surface area contributed by atoms with Crippen molar-refractivity contribution in [2.24, 2.45) is 0 Å². The minimum Gasteiger partial charge on any atom is -0.506 e. The molecule has 2 N–H and O–H groups in total. The van der Waals surface area contributed by atoms with E-state index in [-0.39, 0.29) is 16.7 Å². The number of hydrogen-bond acceptors (Lipinski definition) is 5. The normalized spacial score (nSPS) is 10.7. The SMILES string of the molecule is COc1ccc(-n2c(=O)c(C(=O)Nc3cccc(F)c3)c(O)c3cccnc32)cc1. The second-order valence-electron chi connectivity index (χ2n) is 6.40. The van der Waals surface area contributed by atoms with Crippen molar-refractivity contribution in [3.63, 3.8) is 0 Å². The highest BCUT2D eigenvalue weighted by Crippen LogP contribution is 2.28. The van der Waals surface area contributed by atoms with Crippen LogP contribution < -0.4 is 15.6 Å². The topological polar surface area (TPSA) is 93.5 Å².